The van der Waals surface area contributed by atoms with Crippen molar-refractivity contribution in [3.63, 3.8) is 0 Å². The predicted molar refractivity (Wildman–Crippen MR) is 63.6 cm³/mol. The molecule has 2 aliphatic rings. The van der Waals surface area contributed by atoms with Crippen molar-refractivity contribution >= 4 is 17.5 Å². The summed E-state index contributed by atoms with van der Waals surface area (Å²) in [6, 6.07) is 7.76. The summed E-state index contributed by atoms with van der Waals surface area (Å²) in [5, 5.41) is 3.04. The highest BCUT2D eigenvalue weighted by Crippen LogP contribution is 2.60. The zero-order chi connectivity index (χ0) is 12.2. The number of imide groups is 1. The van der Waals surface area contributed by atoms with E-state index in [1.54, 1.807) is 7.05 Å². The third kappa shape index (κ3) is 1.12. The van der Waals surface area contributed by atoms with Gasteiger partial charge in [0.2, 0.25) is 11.8 Å². The van der Waals surface area contributed by atoms with Crippen LogP contribution in [0.3, 0.4) is 0 Å². The SMILES string of the molecule is CNc1ccc(C23CC2C(=O)N(C)C3=O)cc1. The van der Waals surface area contributed by atoms with Crippen molar-refractivity contribution in [2.45, 2.75) is 11.8 Å². The van der Waals surface area contributed by atoms with E-state index in [1.165, 1.54) is 4.90 Å². The molecule has 1 aliphatic heterocycles. The normalized spacial score (nSPS) is 30.5. The van der Waals surface area contributed by atoms with E-state index in [0.29, 0.717) is 6.42 Å². The van der Waals surface area contributed by atoms with Crippen LogP contribution in [0.4, 0.5) is 5.69 Å². The van der Waals surface area contributed by atoms with Crippen LogP contribution in [0.1, 0.15) is 12.0 Å². The molecule has 0 bridgehead atoms. The largest absolute Gasteiger partial charge is 0.388 e. The van der Waals surface area contributed by atoms with Crippen molar-refractivity contribution in [2.75, 3.05) is 19.4 Å². The molecule has 3 rings (SSSR count). The van der Waals surface area contributed by atoms with Crippen LogP contribution in [0, 0.1) is 5.92 Å². The minimum atomic E-state index is -0.544. The molecular formula is C13H14N2O2. The number of rotatable bonds is 2. The number of carbonyl (C=O) groups is 2. The second-order valence-corrected chi connectivity index (χ2v) is 4.76. The van der Waals surface area contributed by atoms with Crippen molar-refractivity contribution in [2.24, 2.45) is 5.92 Å². The third-order valence-electron chi connectivity index (χ3n) is 3.96. The fraction of sp³-hybridized carbons (Fsp3) is 0.385. The molecule has 0 aromatic heterocycles. The summed E-state index contributed by atoms with van der Waals surface area (Å²) in [4.78, 5) is 25.1. The Morgan fingerprint density at radius 3 is 2.41 bits per heavy atom. The number of likely N-dealkylation sites (tertiary alicyclic amines) is 1. The Bertz CT molecular complexity index is 509. The monoisotopic (exact) mass is 230 g/mol. The summed E-state index contributed by atoms with van der Waals surface area (Å²) in [7, 11) is 3.42. The van der Waals surface area contributed by atoms with Crippen molar-refractivity contribution in [1.29, 1.82) is 0 Å². The van der Waals surface area contributed by atoms with Crippen LogP contribution < -0.4 is 5.32 Å². The molecule has 1 N–H and O–H groups in total. The van der Waals surface area contributed by atoms with Gasteiger partial charge in [-0.1, -0.05) is 12.1 Å². The summed E-state index contributed by atoms with van der Waals surface area (Å²) in [5.74, 6) is -0.210. The van der Waals surface area contributed by atoms with E-state index in [4.69, 9.17) is 0 Å². The lowest BCUT2D eigenvalue weighted by Gasteiger charge is -2.15. The Kier molecular flexibility index (Phi) is 1.88. The van der Waals surface area contributed by atoms with Gasteiger partial charge in [-0.2, -0.15) is 0 Å². The van der Waals surface area contributed by atoms with E-state index in [0.717, 1.165) is 11.3 Å². The van der Waals surface area contributed by atoms with E-state index in [-0.39, 0.29) is 17.7 Å². The molecule has 1 aromatic carbocycles. The Labute approximate surface area is 99.6 Å². The highest BCUT2D eigenvalue weighted by atomic mass is 16.2. The van der Waals surface area contributed by atoms with Crippen LogP contribution in [0.15, 0.2) is 24.3 Å². The molecule has 1 saturated carbocycles. The Hall–Kier alpha value is -1.84. The summed E-state index contributed by atoms with van der Waals surface area (Å²) in [6.45, 7) is 0. The maximum Gasteiger partial charge on any atom is 0.240 e. The quantitative estimate of drug-likeness (QED) is 0.771. The van der Waals surface area contributed by atoms with Crippen LogP contribution in [-0.2, 0) is 15.0 Å². The van der Waals surface area contributed by atoms with Gasteiger partial charge in [0.25, 0.3) is 0 Å². The lowest BCUT2D eigenvalue weighted by molar-refractivity contribution is -0.140. The molecule has 1 saturated heterocycles. The highest BCUT2D eigenvalue weighted by molar-refractivity contribution is 6.14. The molecule has 2 fully saturated rings. The third-order valence-corrected chi connectivity index (χ3v) is 3.96. The van der Waals surface area contributed by atoms with Crippen molar-refractivity contribution in [1.82, 2.24) is 4.90 Å². The lowest BCUT2D eigenvalue weighted by Crippen LogP contribution is -2.32. The second-order valence-electron chi connectivity index (χ2n) is 4.76. The molecule has 4 nitrogen and oxygen atoms in total. The number of benzene rings is 1. The van der Waals surface area contributed by atoms with Gasteiger partial charge in [0, 0.05) is 19.8 Å². The first kappa shape index (κ1) is 10.3. The molecule has 2 unspecified atom stereocenters. The first-order valence-electron chi connectivity index (χ1n) is 5.71. The lowest BCUT2D eigenvalue weighted by atomic mass is 9.94. The number of nitrogens with zero attached hydrogens (tertiary/aromatic N) is 1. The topological polar surface area (TPSA) is 49.4 Å². The molecule has 0 radical (unpaired) electrons. The number of nitrogens with one attached hydrogen (secondary N) is 1. The minimum absolute atomic E-state index is 0.0345. The molecule has 88 valence electrons. The highest BCUT2D eigenvalue weighted by Gasteiger charge is 2.71. The van der Waals surface area contributed by atoms with E-state index < -0.39 is 5.41 Å². The van der Waals surface area contributed by atoms with Gasteiger partial charge >= 0.3 is 0 Å². The molecule has 1 aromatic rings. The Morgan fingerprint density at radius 1 is 1.29 bits per heavy atom. The number of anilines is 1. The van der Waals surface area contributed by atoms with Crippen molar-refractivity contribution < 1.29 is 9.59 Å². The molecule has 1 aliphatic carbocycles. The van der Waals surface area contributed by atoms with Gasteiger partial charge in [-0.05, 0) is 24.1 Å². The summed E-state index contributed by atoms with van der Waals surface area (Å²) in [5.41, 5.74) is 1.43. The smallest absolute Gasteiger partial charge is 0.240 e. The Morgan fingerprint density at radius 2 is 1.94 bits per heavy atom. The van der Waals surface area contributed by atoms with Gasteiger partial charge in [0.15, 0.2) is 0 Å². The fourth-order valence-corrected chi connectivity index (χ4v) is 2.81. The molecule has 0 spiro atoms. The van der Waals surface area contributed by atoms with Gasteiger partial charge in [0.05, 0.1) is 11.3 Å². The van der Waals surface area contributed by atoms with Crippen molar-refractivity contribution in [3.8, 4) is 0 Å². The van der Waals surface area contributed by atoms with Gasteiger partial charge in [-0.15, -0.1) is 0 Å². The number of hydrogen-bond donors (Lipinski definition) is 1. The van der Waals surface area contributed by atoms with Gasteiger partial charge < -0.3 is 5.32 Å². The maximum absolute atomic E-state index is 12.1. The summed E-state index contributed by atoms with van der Waals surface area (Å²) in [6.07, 6.45) is 0.675. The van der Waals surface area contributed by atoms with Gasteiger partial charge in [0.1, 0.15) is 0 Å². The van der Waals surface area contributed by atoms with Gasteiger partial charge in [-0.3, -0.25) is 14.5 Å². The van der Waals surface area contributed by atoms with Crippen LogP contribution in [0.25, 0.3) is 0 Å². The second kappa shape index (κ2) is 3.09. The first-order valence-corrected chi connectivity index (χ1v) is 5.71. The predicted octanol–water partition coefficient (Wildman–Crippen LogP) is 0.985. The van der Waals surface area contributed by atoms with Crippen LogP contribution in [0.2, 0.25) is 0 Å². The molecule has 4 heteroatoms. The molecule has 2 atom stereocenters. The standard InChI is InChI=1S/C13H14N2O2/c1-14-9-5-3-8(4-6-9)13-7-10(13)11(16)15(2)12(13)17/h3-6,10,14H,7H2,1-2H3. The minimum Gasteiger partial charge on any atom is -0.388 e. The molecule has 2 amide bonds. The number of amides is 2. The van der Waals surface area contributed by atoms with E-state index in [9.17, 15) is 9.59 Å². The molecular weight excluding hydrogens is 216 g/mol. The van der Waals surface area contributed by atoms with Crippen molar-refractivity contribution in [3.05, 3.63) is 29.8 Å². The summed E-state index contributed by atoms with van der Waals surface area (Å²) < 4.78 is 0. The number of carbonyl (C=O) groups excluding carboxylic acids is 2. The van der Waals surface area contributed by atoms with Gasteiger partial charge in [-0.25, -0.2) is 0 Å². The van der Waals surface area contributed by atoms with Crippen LogP contribution >= 0.6 is 0 Å². The van der Waals surface area contributed by atoms with Crippen LogP contribution in [-0.4, -0.2) is 30.8 Å². The number of hydrogen-bond acceptors (Lipinski definition) is 3. The molecule has 1 heterocycles. The van der Waals surface area contributed by atoms with Crippen LogP contribution in [0.5, 0.6) is 0 Å². The maximum atomic E-state index is 12.1. The zero-order valence-electron chi connectivity index (χ0n) is 9.86. The van der Waals surface area contributed by atoms with E-state index in [1.807, 2.05) is 31.3 Å². The van der Waals surface area contributed by atoms with E-state index in [2.05, 4.69) is 5.32 Å². The molecule has 17 heavy (non-hydrogen) atoms. The number of likely N-dealkylation sites (N-methyl/N-ethyl adjacent to an activating group) is 1. The fourth-order valence-electron chi connectivity index (χ4n) is 2.81. The average Bonchev–Trinajstić information content (AvgIpc) is 3.08. The van der Waals surface area contributed by atoms with E-state index >= 15 is 0 Å². The zero-order valence-corrected chi connectivity index (χ0v) is 9.86. The number of fused-ring (bicyclic) bond motifs is 1. The number of piperidine rings is 1. The Balaban J connectivity index is 2.00. The average molecular weight is 230 g/mol. The summed E-state index contributed by atoms with van der Waals surface area (Å²) >= 11 is 0. The first-order chi connectivity index (χ1) is 8.11.